The number of carbonyl (C=O) groups is 1. The second-order valence-electron chi connectivity index (χ2n) is 8.18. The molecule has 2 fully saturated rings. The maximum Gasteiger partial charge on any atom is 0.410 e. The summed E-state index contributed by atoms with van der Waals surface area (Å²) in [6.45, 7) is 5.72. The normalized spacial score (nSPS) is 17.9. The number of amides is 1. The molecule has 2 saturated heterocycles. The molecule has 7 nitrogen and oxygen atoms in total. The van der Waals surface area contributed by atoms with Gasteiger partial charge in [0.25, 0.3) is 0 Å². The number of rotatable bonds is 6. The minimum atomic E-state index is -0.602. The van der Waals surface area contributed by atoms with Crippen LogP contribution in [0.2, 0.25) is 0 Å². The van der Waals surface area contributed by atoms with Crippen molar-refractivity contribution in [1.82, 2.24) is 4.90 Å². The molecule has 0 atom stereocenters. The molecule has 0 bridgehead atoms. The predicted octanol–water partition coefficient (Wildman–Crippen LogP) is 3.48. The van der Waals surface area contributed by atoms with Crippen LogP contribution >= 0.6 is 0 Å². The molecule has 0 radical (unpaired) electrons. The molecule has 0 spiro atoms. The number of hydrogen-bond acceptors (Lipinski definition) is 6. The quantitative estimate of drug-likeness (QED) is 0.735. The van der Waals surface area contributed by atoms with E-state index < -0.39 is 18.2 Å². The van der Waals surface area contributed by atoms with Crippen molar-refractivity contribution in [3.8, 4) is 0 Å². The van der Waals surface area contributed by atoms with E-state index in [1.165, 1.54) is 0 Å². The van der Waals surface area contributed by atoms with E-state index in [9.17, 15) is 13.6 Å². The number of aliphatic hydroxyl groups is 1. The average molecular weight is 440 g/mol. The summed E-state index contributed by atoms with van der Waals surface area (Å²) < 4.78 is 39.2. The molecule has 9 heteroatoms. The SMILES string of the molecule is CC(C)OC(=O)N1CCC(OCN=C2CCN(c3cc(F)c(CO)cc3F)CC2)CC1. The number of nitrogens with zero attached hydrogens (tertiary/aromatic N) is 3. The van der Waals surface area contributed by atoms with Crippen LogP contribution in [0.4, 0.5) is 19.3 Å². The number of anilines is 1. The summed E-state index contributed by atoms with van der Waals surface area (Å²) in [6.07, 6.45) is 2.48. The van der Waals surface area contributed by atoms with Crippen LogP contribution in [0.15, 0.2) is 17.1 Å². The van der Waals surface area contributed by atoms with Gasteiger partial charge >= 0.3 is 6.09 Å². The van der Waals surface area contributed by atoms with Crippen LogP contribution < -0.4 is 4.90 Å². The zero-order valence-electron chi connectivity index (χ0n) is 18.1. The highest BCUT2D eigenvalue weighted by Gasteiger charge is 2.25. The fraction of sp³-hybridized carbons (Fsp3) is 0.636. The Hall–Kier alpha value is -2.26. The van der Waals surface area contributed by atoms with Crippen LogP contribution in [-0.2, 0) is 16.1 Å². The van der Waals surface area contributed by atoms with Gasteiger partial charge in [-0.25, -0.2) is 13.6 Å². The number of halogens is 2. The van der Waals surface area contributed by atoms with Gasteiger partial charge in [0.2, 0.25) is 0 Å². The van der Waals surface area contributed by atoms with E-state index in [0.717, 1.165) is 30.7 Å². The highest BCUT2D eigenvalue weighted by atomic mass is 19.1. The maximum absolute atomic E-state index is 14.2. The average Bonchev–Trinajstić information content (AvgIpc) is 2.75. The number of hydrogen-bond donors (Lipinski definition) is 1. The van der Waals surface area contributed by atoms with Crippen molar-refractivity contribution in [3.05, 3.63) is 29.3 Å². The van der Waals surface area contributed by atoms with E-state index in [0.29, 0.717) is 39.0 Å². The minimum Gasteiger partial charge on any atom is -0.447 e. The summed E-state index contributed by atoms with van der Waals surface area (Å²) in [7, 11) is 0. The molecule has 0 unspecified atom stereocenters. The number of likely N-dealkylation sites (tertiary alicyclic amines) is 1. The third kappa shape index (κ3) is 6.36. The molecular formula is C22H31F2N3O4. The Morgan fingerprint density at radius 2 is 1.84 bits per heavy atom. The van der Waals surface area contributed by atoms with Gasteiger partial charge in [0.1, 0.15) is 18.4 Å². The summed E-state index contributed by atoms with van der Waals surface area (Å²) >= 11 is 0. The van der Waals surface area contributed by atoms with Gasteiger partial charge in [-0.1, -0.05) is 0 Å². The first-order valence-corrected chi connectivity index (χ1v) is 10.8. The monoisotopic (exact) mass is 439 g/mol. The number of benzene rings is 1. The van der Waals surface area contributed by atoms with Crippen molar-refractivity contribution in [1.29, 1.82) is 0 Å². The topological polar surface area (TPSA) is 74.6 Å². The zero-order chi connectivity index (χ0) is 22.4. The van der Waals surface area contributed by atoms with Crippen molar-refractivity contribution < 1.29 is 28.2 Å². The van der Waals surface area contributed by atoms with E-state index in [1.54, 1.807) is 9.80 Å². The van der Waals surface area contributed by atoms with Crippen LogP contribution in [0, 0.1) is 11.6 Å². The molecule has 172 valence electrons. The summed E-state index contributed by atoms with van der Waals surface area (Å²) in [5.74, 6) is -1.13. The van der Waals surface area contributed by atoms with Gasteiger partial charge in [-0.2, -0.15) is 0 Å². The lowest BCUT2D eigenvalue weighted by atomic mass is 10.1. The summed E-state index contributed by atoms with van der Waals surface area (Å²) in [5.41, 5.74) is 1.18. The molecule has 0 saturated carbocycles. The van der Waals surface area contributed by atoms with E-state index in [1.807, 2.05) is 13.8 Å². The van der Waals surface area contributed by atoms with Crippen molar-refractivity contribution in [2.24, 2.45) is 4.99 Å². The first-order valence-electron chi connectivity index (χ1n) is 10.8. The lowest BCUT2D eigenvalue weighted by Crippen LogP contribution is -2.42. The van der Waals surface area contributed by atoms with Crippen molar-refractivity contribution in [3.63, 3.8) is 0 Å². The molecule has 0 aliphatic carbocycles. The van der Waals surface area contributed by atoms with Crippen LogP contribution in [0.1, 0.15) is 45.1 Å². The van der Waals surface area contributed by atoms with Gasteiger partial charge < -0.3 is 24.4 Å². The van der Waals surface area contributed by atoms with Gasteiger partial charge in [0.15, 0.2) is 0 Å². The third-order valence-electron chi connectivity index (χ3n) is 5.60. The Morgan fingerprint density at radius 1 is 1.16 bits per heavy atom. The molecule has 31 heavy (non-hydrogen) atoms. The smallest absolute Gasteiger partial charge is 0.410 e. The molecule has 3 rings (SSSR count). The predicted molar refractivity (Wildman–Crippen MR) is 113 cm³/mol. The number of aliphatic imine (C=N–C) groups is 1. The lowest BCUT2D eigenvalue weighted by molar-refractivity contribution is 0.00530. The second kappa shape index (κ2) is 10.9. The maximum atomic E-state index is 14.2. The van der Waals surface area contributed by atoms with Crippen LogP contribution in [-0.4, -0.2) is 66.9 Å². The lowest BCUT2D eigenvalue weighted by Gasteiger charge is -2.32. The Morgan fingerprint density at radius 3 is 2.45 bits per heavy atom. The van der Waals surface area contributed by atoms with E-state index in [-0.39, 0.29) is 36.3 Å². The van der Waals surface area contributed by atoms with Gasteiger partial charge in [0.05, 0.1) is 24.5 Å². The Kier molecular flexibility index (Phi) is 8.20. The Balaban J connectivity index is 1.41. The zero-order valence-corrected chi connectivity index (χ0v) is 18.1. The van der Waals surface area contributed by atoms with Crippen molar-refractivity contribution in [2.75, 3.05) is 37.8 Å². The molecule has 2 aliphatic rings. The molecule has 1 aromatic rings. The molecule has 2 heterocycles. The van der Waals surface area contributed by atoms with Crippen LogP contribution in [0.25, 0.3) is 0 Å². The third-order valence-corrected chi connectivity index (χ3v) is 5.60. The van der Waals surface area contributed by atoms with Gasteiger partial charge in [-0.3, -0.25) is 4.99 Å². The first kappa shape index (κ1) is 23.4. The molecular weight excluding hydrogens is 408 g/mol. The first-order chi connectivity index (χ1) is 14.9. The standard InChI is InChI=1S/C22H31F2N3O4/c1-15(2)31-22(29)27-9-5-18(6-10-27)30-14-25-17-3-7-26(8-4-17)21-12-19(23)16(13-28)11-20(21)24/h11-12,15,18,28H,3-10,13-14H2,1-2H3. The van der Waals surface area contributed by atoms with Crippen LogP contribution in [0.5, 0.6) is 0 Å². The Bertz CT molecular complexity index is 785. The van der Waals surface area contributed by atoms with Gasteiger partial charge in [0, 0.05) is 56.4 Å². The van der Waals surface area contributed by atoms with Crippen molar-refractivity contribution >= 4 is 17.5 Å². The summed E-state index contributed by atoms with van der Waals surface area (Å²) in [6, 6.07) is 2.20. The highest BCUT2D eigenvalue weighted by molar-refractivity contribution is 5.86. The molecule has 0 aromatic heterocycles. The van der Waals surface area contributed by atoms with Crippen molar-refractivity contribution in [2.45, 2.75) is 58.3 Å². The second-order valence-corrected chi connectivity index (χ2v) is 8.18. The summed E-state index contributed by atoms with van der Waals surface area (Å²) in [4.78, 5) is 19.9. The van der Waals surface area contributed by atoms with Crippen LogP contribution in [0.3, 0.4) is 0 Å². The minimum absolute atomic E-state index is 0.0414. The fourth-order valence-electron chi connectivity index (χ4n) is 3.82. The fourth-order valence-corrected chi connectivity index (χ4v) is 3.82. The summed E-state index contributed by atoms with van der Waals surface area (Å²) in [5, 5.41) is 9.05. The number of ether oxygens (including phenoxy) is 2. The number of piperidine rings is 2. The molecule has 2 aliphatic heterocycles. The molecule has 1 N–H and O–H groups in total. The van der Waals surface area contributed by atoms with Gasteiger partial charge in [-0.15, -0.1) is 0 Å². The molecule has 1 aromatic carbocycles. The largest absolute Gasteiger partial charge is 0.447 e. The highest BCUT2D eigenvalue weighted by Crippen LogP contribution is 2.26. The Labute approximate surface area is 181 Å². The number of carbonyl (C=O) groups excluding carboxylic acids is 1. The van der Waals surface area contributed by atoms with Gasteiger partial charge in [-0.05, 0) is 32.8 Å². The van der Waals surface area contributed by atoms with E-state index >= 15 is 0 Å². The molecule has 1 amide bonds. The van der Waals surface area contributed by atoms with E-state index in [2.05, 4.69) is 4.99 Å². The number of aliphatic hydroxyl groups excluding tert-OH is 1. The van der Waals surface area contributed by atoms with E-state index in [4.69, 9.17) is 14.6 Å².